The molecule has 2 aromatic carbocycles. The van der Waals surface area contributed by atoms with E-state index < -0.39 is 16.1 Å². The van der Waals surface area contributed by atoms with Crippen LogP contribution >= 0.6 is 11.3 Å². The molecule has 4 nitrogen and oxygen atoms in total. The zero-order valence-electron chi connectivity index (χ0n) is 31.8. The van der Waals surface area contributed by atoms with Gasteiger partial charge in [0.25, 0.3) is 0 Å². The maximum Gasteiger partial charge on any atom is 0.162 e. The molecule has 0 atom stereocenters. The second kappa shape index (κ2) is 17.0. The normalized spacial score (nSPS) is 16.1. The molecule has 0 amide bonds. The third-order valence-corrected chi connectivity index (χ3v) is 21.2. The molecule has 1 saturated heterocycles. The fraction of sp³-hybridized carbons (Fsp3) is 0.537. The molecule has 1 N–H and O–H groups in total. The van der Waals surface area contributed by atoms with Crippen LogP contribution in [0.25, 0.3) is 32.2 Å². The molecule has 1 aliphatic rings. The average molecular weight is 892 g/mol. The Labute approximate surface area is 316 Å². The second-order valence-corrected chi connectivity index (χ2v) is 27.1. The fourth-order valence-corrected chi connectivity index (χ4v) is 20.9. The van der Waals surface area contributed by atoms with Gasteiger partial charge in [-0.05, 0) is 43.6 Å². The molecule has 1 aliphatic heterocycles. The first-order valence-electron chi connectivity index (χ1n) is 18.2. The van der Waals surface area contributed by atoms with Gasteiger partial charge in [-0.15, -0.1) is 40.1 Å². The van der Waals surface area contributed by atoms with Gasteiger partial charge in [0.2, 0.25) is 0 Å². The van der Waals surface area contributed by atoms with Gasteiger partial charge in [-0.25, -0.2) is 4.98 Å². The number of hydrogen-bond acceptors (Lipinski definition) is 5. The number of benzene rings is 2. The maximum atomic E-state index is 11.7. The molecule has 2 aromatic heterocycles. The SMILES string of the molecule is CCC(CC)C(=O)/C=C(\O)C(CC)CC.Cc1c(C(C)(C)C)sc2c(-c3[c-]c4ccccc4c([Si]4(C)CC[Si](C)(C)CC4)c3)ncnc12.[Ir]. The van der Waals surface area contributed by atoms with Crippen molar-refractivity contribution in [1.29, 1.82) is 0 Å². The summed E-state index contributed by atoms with van der Waals surface area (Å²) in [6.45, 7) is 24.9. The van der Waals surface area contributed by atoms with Crippen LogP contribution in [0.3, 0.4) is 0 Å². The van der Waals surface area contributed by atoms with Crippen molar-refractivity contribution in [2.24, 2.45) is 11.8 Å². The topological polar surface area (TPSA) is 63.1 Å². The molecule has 269 valence electrons. The number of ketones is 1. The number of thiophene rings is 1. The molecule has 0 saturated carbocycles. The van der Waals surface area contributed by atoms with Crippen molar-refractivity contribution in [3.63, 3.8) is 0 Å². The zero-order chi connectivity index (χ0) is 35.4. The number of aryl methyl sites for hydroxylation is 1. The van der Waals surface area contributed by atoms with Crippen LogP contribution in [-0.2, 0) is 30.3 Å². The first-order chi connectivity index (χ1) is 22.6. The van der Waals surface area contributed by atoms with Gasteiger partial charge in [-0.1, -0.05) is 121 Å². The molecule has 5 rings (SSSR count). The van der Waals surface area contributed by atoms with Crippen LogP contribution in [0.2, 0.25) is 43.8 Å². The Bertz CT molecular complexity index is 1760. The second-order valence-electron chi connectivity index (χ2n) is 16.1. The molecule has 1 radical (unpaired) electrons. The van der Waals surface area contributed by atoms with Crippen LogP contribution in [0.1, 0.15) is 84.6 Å². The third-order valence-electron chi connectivity index (χ3n) is 10.9. The largest absolute Gasteiger partial charge is 0.512 e. The van der Waals surface area contributed by atoms with E-state index in [2.05, 4.69) is 83.7 Å². The Morgan fingerprint density at radius 3 is 2.12 bits per heavy atom. The summed E-state index contributed by atoms with van der Waals surface area (Å²) in [5.74, 6) is 0.547. The Morgan fingerprint density at radius 2 is 1.55 bits per heavy atom. The number of allylic oxidation sites excluding steroid dienone is 2. The summed E-state index contributed by atoms with van der Waals surface area (Å²) in [6.07, 6.45) is 6.66. The number of nitrogens with zero attached hydrogens (tertiary/aromatic N) is 2. The van der Waals surface area contributed by atoms with Gasteiger partial charge in [-0.3, -0.25) is 9.78 Å². The molecule has 0 unspecified atom stereocenters. The van der Waals surface area contributed by atoms with E-state index in [0.29, 0.717) is 0 Å². The number of aliphatic hydroxyl groups excluding tert-OH is 1. The molecule has 0 aliphatic carbocycles. The predicted molar refractivity (Wildman–Crippen MR) is 214 cm³/mol. The summed E-state index contributed by atoms with van der Waals surface area (Å²) in [7, 11) is -2.57. The maximum absolute atomic E-state index is 11.7. The summed E-state index contributed by atoms with van der Waals surface area (Å²) in [5.41, 5.74) is 4.71. The van der Waals surface area contributed by atoms with Crippen LogP contribution in [0.5, 0.6) is 0 Å². The van der Waals surface area contributed by atoms with Gasteiger partial charge >= 0.3 is 0 Å². The third kappa shape index (κ3) is 9.48. The van der Waals surface area contributed by atoms with Crippen LogP contribution in [-0.4, -0.2) is 37.0 Å². The van der Waals surface area contributed by atoms with Gasteiger partial charge in [0, 0.05) is 61.4 Å². The number of aromatic nitrogens is 2. The molecular formula is C41H59IrN2O2SSi2-. The number of hydrogen-bond donors (Lipinski definition) is 1. The molecule has 0 spiro atoms. The van der Waals surface area contributed by atoms with E-state index in [1.54, 1.807) is 11.5 Å². The number of carbonyl (C=O) groups is 1. The smallest absolute Gasteiger partial charge is 0.162 e. The first kappa shape index (κ1) is 41.5. The molecule has 0 bridgehead atoms. The number of rotatable bonds is 9. The standard InChI is InChI=1S/C28H35N2SSi2.C13H24O2.Ir/c1-19-24-26(31-27(19)28(2,3)4)25(30-18-29-24)21-16-20-10-8-9-11-22(20)23(17-21)33(7)14-12-32(5,6)13-15-33;1-5-10(6-2)12(14)9-13(15)11(7-3)8-4;/h8-11,17-18H,12-15H2,1-7H3;9-11,14H,5-8H2,1-4H3;/q-1;;/b;12-9-;. The molecule has 3 heterocycles. The van der Waals surface area contributed by atoms with Crippen molar-refractivity contribution >= 4 is 59.4 Å². The molecule has 49 heavy (non-hydrogen) atoms. The van der Waals surface area contributed by atoms with Gasteiger partial charge in [0.05, 0.1) is 19.3 Å². The fourth-order valence-electron chi connectivity index (χ4n) is 7.32. The van der Waals surface area contributed by atoms with Crippen LogP contribution in [0, 0.1) is 24.8 Å². The summed E-state index contributed by atoms with van der Waals surface area (Å²) in [6, 6.07) is 20.9. The van der Waals surface area contributed by atoms with E-state index in [1.807, 2.05) is 39.0 Å². The van der Waals surface area contributed by atoms with Crippen molar-refractivity contribution in [2.45, 2.75) is 130 Å². The van der Waals surface area contributed by atoms with E-state index in [1.165, 1.54) is 56.2 Å². The van der Waals surface area contributed by atoms with E-state index in [4.69, 9.17) is 9.97 Å². The quantitative estimate of drug-likeness (QED) is 0.0787. The number of fused-ring (bicyclic) bond motifs is 2. The van der Waals surface area contributed by atoms with E-state index in [-0.39, 0.29) is 48.9 Å². The van der Waals surface area contributed by atoms with Crippen LogP contribution in [0.15, 0.2) is 48.5 Å². The minimum atomic E-state index is -1.56. The molecule has 1 fully saturated rings. The minimum absolute atomic E-state index is 0. The number of aliphatic hydroxyl groups is 1. The minimum Gasteiger partial charge on any atom is -0.512 e. The van der Waals surface area contributed by atoms with Crippen molar-refractivity contribution in [2.75, 3.05) is 0 Å². The summed E-state index contributed by atoms with van der Waals surface area (Å²) >= 11 is 1.87. The zero-order valence-corrected chi connectivity index (χ0v) is 37.1. The Hall–Kier alpha value is -1.97. The first-order valence-corrected chi connectivity index (χ1v) is 25.4. The molecule has 4 aromatic rings. The van der Waals surface area contributed by atoms with E-state index in [9.17, 15) is 9.90 Å². The van der Waals surface area contributed by atoms with E-state index in [0.717, 1.165) is 42.5 Å². The van der Waals surface area contributed by atoms with E-state index >= 15 is 0 Å². The van der Waals surface area contributed by atoms with Gasteiger partial charge in [-0.2, -0.15) is 0 Å². The summed E-state index contributed by atoms with van der Waals surface area (Å²) in [4.78, 5) is 22.7. The molecular weight excluding hydrogens is 833 g/mol. The summed E-state index contributed by atoms with van der Waals surface area (Å²) in [5, 5.41) is 14.0. The Balaban J connectivity index is 0.000000347. The van der Waals surface area contributed by atoms with Crippen molar-refractivity contribution in [1.82, 2.24) is 9.97 Å². The van der Waals surface area contributed by atoms with Crippen LogP contribution < -0.4 is 5.19 Å². The van der Waals surface area contributed by atoms with Gasteiger partial charge in [0.15, 0.2) is 5.78 Å². The van der Waals surface area contributed by atoms with Crippen LogP contribution in [0.4, 0.5) is 0 Å². The van der Waals surface area contributed by atoms with Gasteiger partial charge < -0.3 is 5.11 Å². The Kier molecular flexibility index (Phi) is 14.4. The molecule has 8 heteroatoms. The monoisotopic (exact) mass is 892 g/mol. The predicted octanol–water partition coefficient (Wildman–Crippen LogP) is 11.8. The van der Waals surface area contributed by atoms with Gasteiger partial charge in [0.1, 0.15) is 6.33 Å². The van der Waals surface area contributed by atoms with Crippen molar-refractivity contribution in [3.05, 3.63) is 65.0 Å². The average Bonchev–Trinajstić information content (AvgIpc) is 3.40. The Morgan fingerprint density at radius 1 is 0.959 bits per heavy atom. The summed E-state index contributed by atoms with van der Waals surface area (Å²) < 4.78 is 1.21. The van der Waals surface area contributed by atoms with Crippen molar-refractivity contribution < 1.29 is 30.0 Å². The van der Waals surface area contributed by atoms with Crippen molar-refractivity contribution in [3.8, 4) is 11.3 Å². The number of carbonyl (C=O) groups excluding carboxylic acids is 1.